The highest BCUT2D eigenvalue weighted by molar-refractivity contribution is 5.74. The van der Waals surface area contributed by atoms with Crippen LogP contribution in [0.15, 0.2) is 30.3 Å². The van der Waals surface area contributed by atoms with Crippen molar-refractivity contribution in [1.29, 1.82) is 0 Å². The Morgan fingerprint density at radius 3 is 2.35 bits per heavy atom. The van der Waals surface area contributed by atoms with E-state index in [0.29, 0.717) is 5.92 Å². The molecule has 0 fully saturated rings. The number of benzene rings is 1. The van der Waals surface area contributed by atoms with Crippen LogP contribution in [0.3, 0.4) is 0 Å². The fourth-order valence-electron chi connectivity index (χ4n) is 2.08. The van der Waals surface area contributed by atoms with Gasteiger partial charge >= 0.3 is 0 Å². The molecule has 4 N–H and O–H groups in total. The summed E-state index contributed by atoms with van der Waals surface area (Å²) in [5.41, 5.74) is 12.4. The van der Waals surface area contributed by atoms with Crippen molar-refractivity contribution in [2.75, 3.05) is 0 Å². The van der Waals surface area contributed by atoms with Gasteiger partial charge in [-0.2, -0.15) is 0 Å². The van der Waals surface area contributed by atoms with E-state index < -0.39 is 0 Å². The van der Waals surface area contributed by atoms with Crippen LogP contribution in [0.1, 0.15) is 38.2 Å². The van der Waals surface area contributed by atoms with E-state index in [1.807, 2.05) is 18.2 Å². The van der Waals surface area contributed by atoms with Crippen molar-refractivity contribution < 1.29 is 4.79 Å². The minimum atomic E-state index is -0.322. The lowest BCUT2D eigenvalue weighted by molar-refractivity contribution is -0.118. The fourth-order valence-corrected chi connectivity index (χ4v) is 2.08. The SMILES string of the molecule is CC(CC(C)C(N)CC(N)=O)c1ccccc1. The molecule has 0 saturated carbocycles. The third kappa shape index (κ3) is 4.57. The summed E-state index contributed by atoms with van der Waals surface area (Å²) in [5.74, 6) is 0.416. The van der Waals surface area contributed by atoms with Gasteiger partial charge in [-0.05, 0) is 23.8 Å². The Morgan fingerprint density at radius 1 is 1.24 bits per heavy atom. The molecule has 1 aromatic rings. The summed E-state index contributed by atoms with van der Waals surface area (Å²) >= 11 is 0. The van der Waals surface area contributed by atoms with Crippen LogP contribution in [0, 0.1) is 5.92 Å². The summed E-state index contributed by atoms with van der Waals surface area (Å²) in [6.45, 7) is 4.26. The van der Waals surface area contributed by atoms with Gasteiger partial charge in [-0.1, -0.05) is 44.2 Å². The van der Waals surface area contributed by atoms with Gasteiger partial charge in [0.25, 0.3) is 0 Å². The van der Waals surface area contributed by atoms with Crippen LogP contribution in [-0.4, -0.2) is 11.9 Å². The first-order chi connectivity index (χ1) is 8.00. The molecule has 0 radical (unpaired) electrons. The van der Waals surface area contributed by atoms with Gasteiger partial charge in [0, 0.05) is 12.5 Å². The molecule has 1 aromatic carbocycles. The predicted octanol–water partition coefficient (Wildman–Crippen LogP) is 2.02. The van der Waals surface area contributed by atoms with Crippen LogP contribution in [0.4, 0.5) is 0 Å². The highest BCUT2D eigenvalue weighted by Gasteiger charge is 2.18. The second-order valence-corrected chi connectivity index (χ2v) is 4.86. The van der Waals surface area contributed by atoms with E-state index in [4.69, 9.17) is 11.5 Å². The molecule has 0 aliphatic rings. The van der Waals surface area contributed by atoms with Gasteiger partial charge in [-0.25, -0.2) is 0 Å². The Balaban J connectivity index is 2.51. The Kier molecular flexibility index (Phi) is 5.16. The Morgan fingerprint density at radius 2 is 1.82 bits per heavy atom. The molecule has 3 heteroatoms. The monoisotopic (exact) mass is 234 g/mol. The van der Waals surface area contributed by atoms with Gasteiger partial charge in [0.2, 0.25) is 5.91 Å². The van der Waals surface area contributed by atoms with E-state index in [1.165, 1.54) is 5.56 Å². The largest absolute Gasteiger partial charge is 0.370 e. The summed E-state index contributed by atoms with van der Waals surface area (Å²) in [7, 11) is 0. The first kappa shape index (κ1) is 13.7. The maximum atomic E-state index is 10.8. The van der Waals surface area contributed by atoms with E-state index >= 15 is 0 Å². The van der Waals surface area contributed by atoms with E-state index in [9.17, 15) is 4.79 Å². The average molecular weight is 234 g/mol. The van der Waals surface area contributed by atoms with Crippen LogP contribution in [0.25, 0.3) is 0 Å². The van der Waals surface area contributed by atoms with Crippen molar-refractivity contribution in [1.82, 2.24) is 0 Å². The fraction of sp³-hybridized carbons (Fsp3) is 0.500. The van der Waals surface area contributed by atoms with Gasteiger partial charge in [-0.15, -0.1) is 0 Å². The van der Waals surface area contributed by atoms with Gasteiger partial charge in [-0.3, -0.25) is 4.79 Å². The predicted molar refractivity (Wildman–Crippen MR) is 70.4 cm³/mol. The number of hydrogen-bond acceptors (Lipinski definition) is 2. The molecule has 1 rings (SSSR count). The molecule has 0 aromatic heterocycles. The molecule has 3 unspecified atom stereocenters. The van der Waals surface area contributed by atoms with Crippen molar-refractivity contribution in [3.05, 3.63) is 35.9 Å². The zero-order valence-electron chi connectivity index (χ0n) is 10.6. The van der Waals surface area contributed by atoms with Gasteiger partial charge < -0.3 is 11.5 Å². The normalized spacial score (nSPS) is 16.2. The molecule has 3 atom stereocenters. The maximum absolute atomic E-state index is 10.8. The quantitative estimate of drug-likeness (QED) is 0.790. The summed E-state index contributed by atoms with van der Waals surface area (Å²) in [6.07, 6.45) is 1.24. The van der Waals surface area contributed by atoms with Crippen LogP contribution in [0.5, 0.6) is 0 Å². The van der Waals surface area contributed by atoms with Crippen molar-refractivity contribution in [3.8, 4) is 0 Å². The number of rotatable bonds is 6. The Hall–Kier alpha value is -1.35. The van der Waals surface area contributed by atoms with E-state index in [2.05, 4.69) is 26.0 Å². The van der Waals surface area contributed by atoms with Crippen LogP contribution >= 0.6 is 0 Å². The smallest absolute Gasteiger partial charge is 0.218 e. The molecule has 0 bridgehead atoms. The van der Waals surface area contributed by atoms with Crippen LogP contribution in [-0.2, 0) is 4.79 Å². The summed E-state index contributed by atoms with van der Waals surface area (Å²) in [6, 6.07) is 10.2. The minimum absolute atomic E-state index is 0.140. The average Bonchev–Trinajstić information content (AvgIpc) is 2.29. The van der Waals surface area contributed by atoms with Crippen LogP contribution < -0.4 is 11.5 Å². The first-order valence-electron chi connectivity index (χ1n) is 6.09. The molecular weight excluding hydrogens is 212 g/mol. The topological polar surface area (TPSA) is 69.1 Å². The minimum Gasteiger partial charge on any atom is -0.370 e. The van der Waals surface area contributed by atoms with Gasteiger partial charge in [0.1, 0.15) is 0 Å². The number of amides is 1. The molecule has 17 heavy (non-hydrogen) atoms. The van der Waals surface area contributed by atoms with Crippen molar-refractivity contribution in [3.63, 3.8) is 0 Å². The Bertz CT molecular complexity index is 350. The molecule has 0 aliphatic carbocycles. The highest BCUT2D eigenvalue weighted by Crippen LogP contribution is 2.24. The number of carbonyl (C=O) groups excluding carboxylic acids is 1. The lowest BCUT2D eigenvalue weighted by Gasteiger charge is -2.22. The van der Waals surface area contributed by atoms with Crippen LogP contribution in [0.2, 0.25) is 0 Å². The lowest BCUT2D eigenvalue weighted by atomic mass is 9.86. The maximum Gasteiger partial charge on any atom is 0.218 e. The molecular formula is C14H22N2O. The number of primary amides is 1. The molecule has 1 amide bonds. The Labute approximate surface area is 103 Å². The van der Waals surface area contributed by atoms with Gasteiger partial charge in [0.15, 0.2) is 0 Å². The van der Waals surface area contributed by atoms with E-state index in [1.54, 1.807) is 0 Å². The zero-order valence-corrected chi connectivity index (χ0v) is 10.6. The van der Waals surface area contributed by atoms with Crippen molar-refractivity contribution in [2.45, 2.75) is 38.6 Å². The molecule has 0 saturated heterocycles. The number of hydrogen-bond donors (Lipinski definition) is 2. The zero-order chi connectivity index (χ0) is 12.8. The lowest BCUT2D eigenvalue weighted by Crippen LogP contribution is -2.33. The third-order valence-corrected chi connectivity index (χ3v) is 3.26. The summed E-state index contributed by atoms with van der Waals surface area (Å²) in [4.78, 5) is 10.8. The third-order valence-electron chi connectivity index (χ3n) is 3.26. The number of carbonyl (C=O) groups is 1. The van der Waals surface area contributed by atoms with Crippen molar-refractivity contribution >= 4 is 5.91 Å². The van der Waals surface area contributed by atoms with E-state index in [-0.39, 0.29) is 24.3 Å². The molecule has 0 spiro atoms. The molecule has 0 aliphatic heterocycles. The molecule has 3 nitrogen and oxygen atoms in total. The van der Waals surface area contributed by atoms with E-state index in [0.717, 1.165) is 6.42 Å². The standard InChI is InChI=1S/C14H22N2O/c1-10(12-6-4-3-5-7-12)8-11(2)13(15)9-14(16)17/h3-7,10-11,13H,8-9,15H2,1-2H3,(H2,16,17). The second kappa shape index (κ2) is 6.40. The summed E-state index contributed by atoms with van der Waals surface area (Å²) < 4.78 is 0. The first-order valence-corrected chi connectivity index (χ1v) is 6.09. The number of nitrogens with two attached hydrogens (primary N) is 2. The summed E-state index contributed by atoms with van der Waals surface area (Å²) in [5, 5.41) is 0. The molecule has 0 heterocycles. The molecule has 94 valence electrons. The second-order valence-electron chi connectivity index (χ2n) is 4.86. The van der Waals surface area contributed by atoms with Crippen molar-refractivity contribution in [2.24, 2.45) is 17.4 Å². The van der Waals surface area contributed by atoms with Gasteiger partial charge in [0.05, 0.1) is 0 Å². The highest BCUT2D eigenvalue weighted by atomic mass is 16.1.